The fourth-order valence-corrected chi connectivity index (χ4v) is 3.34. The number of hydrogen-bond donors (Lipinski definition) is 1. The molecule has 0 bridgehead atoms. The number of rotatable bonds is 0. The molecule has 1 aromatic carbocycles. The monoisotopic (exact) mass is 201 g/mol. The van der Waals surface area contributed by atoms with Crippen molar-refractivity contribution in [2.75, 3.05) is 11.9 Å². The van der Waals surface area contributed by atoms with E-state index in [4.69, 9.17) is 0 Å². The lowest BCUT2D eigenvalue weighted by molar-refractivity contribution is 0.313. The second-order valence-corrected chi connectivity index (χ2v) is 5.07. The smallest absolute Gasteiger partial charge is 0.0405 e. The Balaban J connectivity index is 2.03. The maximum atomic E-state index is 3.63. The Morgan fingerprint density at radius 2 is 2.07 bits per heavy atom. The van der Waals surface area contributed by atoms with Crippen molar-refractivity contribution >= 4 is 5.69 Å². The molecule has 0 radical (unpaired) electrons. The molecule has 1 aliphatic heterocycles. The predicted molar refractivity (Wildman–Crippen MR) is 64.4 cm³/mol. The average Bonchev–Trinajstić information content (AvgIpc) is 2.29. The van der Waals surface area contributed by atoms with Crippen LogP contribution in [-0.2, 0) is 0 Å². The summed E-state index contributed by atoms with van der Waals surface area (Å²) in [5.41, 5.74) is 4.43. The second-order valence-electron chi connectivity index (χ2n) is 5.07. The van der Waals surface area contributed by atoms with Gasteiger partial charge in [0.1, 0.15) is 0 Å². The Morgan fingerprint density at radius 3 is 3.00 bits per heavy atom. The van der Waals surface area contributed by atoms with Crippen LogP contribution in [0.15, 0.2) is 18.2 Å². The van der Waals surface area contributed by atoms with E-state index in [2.05, 4.69) is 30.4 Å². The van der Waals surface area contributed by atoms with Gasteiger partial charge in [-0.05, 0) is 42.7 Å². The zero-order valence-electron chi connectivity index (χ0n) is 9.42. The van der Waals surface area contributed by atoms with E-state index in [0.717, 1.165) is 11.8 Å². The molecule has 1 fully saturated rings. The summed E-state index contributed by atoms with van der Waals surface area (Å²) in [6.07, 6.45) is 5.69. The largest absolute Gasteiger partial charge is 0.384 e. The van der Waals surface area contributed by atoms with Gasteiger partial charge in [0, 0.05) is 12.2 Å². The van der Waals surface area contributed by atoms with Gasteiger partial charge in [0.2, 0.25) is 0 Å². The maximum absolute atomic E-state index is 3.63. The molecule has 1 aromatic rings. The Labute approximate surface area is 91.9 Å². The first-order valence-corrected chi connectivity index (χ1v) is 6.19. The fraction of sp³-hybridized carbons (Fsp3) is 0.571. The summed E-state index contributed by atoms with van der Waals surface area (Å²) >= 11 is 0. The van der Waals surface area contributed by atoms with E-state index in [-0.39, 0.29) is 0 Å². The quantitative estimate of drug-likeness (QED) is 0.675. The topological polar surface area (TPSA) is 12.0 Å². The molecule has 1 heteroatoms. The van der Waals surface area contributed by atoms with Crippen LogP contribution < -0.4 is 5.32 Å². The Morgan fingerprint density at radius 1 is 1.20 bits per heavy atom. The molecule has 0 amide bonds. The summed E-state index contributed by atoms with van der Waals surface area (Å²) in [5, 5.41) is 3.63. The molecule has 0 aromatic heterocycles. The van der Waals surface area contributed by atoms with E-state index in [0.29, 0.717) is 0 Å². The molecule has 1 saturated carbocycles. The van der Waals surface area contributed by atoms with Gasteiger partial charge in [-0.25, -0.2) is 0 Å². The van der Waals surface area contributed by atoms with Crippen LogP contribution in [0.5, 0.6) is 0 Å². The van der Waals surface area contributed by atoms with Gasteiger partial charge in [0.15, 0.2) is 0 Å². The third kappa shape index (κ3) is 1.45. The van der Waals surface area contributed by atoms with Crippen LogP contribution in [-0.4, -0.2) is 6.54 Å². The standard InChI is InChI=1S/C14H19N/c1-10-5-4-8-13-12-7-3-2-6-11(12)9-15-14(10)13/h4-5,8,11-12,15H,2-3,6-7,9H2,1H3. The number of anilines is 1. The lowest BCUT2D eigenvalue weighted by Crippen LogP contribution is -2.30. The van der Waals surface area contributed by atoms with Gasteiger partial charge in [0.05, 0.1) is 0 Å². The first kappa shape index (κ1) is 9.26. The van der Waals surface area contributed by atoms with E-state index in [1.807, 2.05) is 0 Å². The van der Waals surface area contributed by atoms with E-state index in [1.165, 1.54) is 43.5 Å². The molecule has 3 rings (SSSR count). The zero-order valence-corrected chi connectivity index (χ0v) is 9.42. The summed E-state index contributed by atoms with van der Waals surface area (Å²) in [4.78, 5) is 0. The number of aryl methyl sites for hydroxylation is 1. The van der Waals surface area contributed by atoms with E-state index < -0.39 is 0 Å². The van der Waals surface area contributed by atoms with Crippen molar-refractivity contribution in [1.82, 2.24) is 0 Å². The maximum Gasteiger partial charge on any atom is 0.0405 e. The molecule has 1 N–H and O–H groups in total. The number of para-hydroxylation sites is 1. The van der Waals surface area contributed by atoms with Crippen molar-refractivity contribution in [3.63, 3.8) is 0 Å². The number of benzene rings is 1. The normalized spacial score (nSPS) is 28.9. The highest BCUT2D eigenvalue weighted by Crippen LogP contribution is 2.44. The highest BCUT2D eigenvalue weighted by Gasteiger charge is 2.31. The van der Waals surface area contributed by atoms with Gasteiger partial charge in [-0.1, -0.05) is 31.0 Å². The molecule has 0 spiro atoms. The lowest BCUT2D eigenvalue weighted by atomic mass is 9.72. The molecule has 1 aliphatic carbocycles. The lowest BCUT2D eigenvalue weighted by Gasteiger charge is -2.38. The third-order valence-electron chi connectivity index (χ3n) is 4.15. The predicted octanol–water partition coefficient (Wildman–Crippen LogP) is 3.69. The summed E-state index contributed by atoms with van der Waals surface area (Å²) in [6, 6.07) is 6.76. The SMILES string of the molecule is Cc1cccc2c1NCC1CCCCC21. The van der Waals surface area contributed by atoms with Crippen molar-refractivity contribution in [3.05, 3.63) is 29.3 Å². The number of fused-ring (bicyclic) bond motifs is 3. The van der Waals surface area contributed by atoms with Crippen molar-refractivity contribution < 1.29 is 0 Å². The minimum atomic E-state index is 0.842. The van der Waals surface area contributed by atoms with Crippen LogP contribution in [0.1, 0.15) is 42.7 Å². The van der Waals surface area contributed by atoms with Gasteiger partial charge in [-0.15, -0.1) is 0 Å². The van der Waals surface area contributed by atoms with E-state index >= 15 is 0 Å². The van der Waals surface area contributed by atoms with Crippen LogP contribution >= 0.6 is 0 Å². The molecule has 2 aliphatic rings. The Kier molecular flexibility index (Phi) is 2.19. The fourth-order valence-electron chi connectivity index (χ4n) is 3.34. The molecule has 1 heterocycles. The van der Waals surface area contributed by atoms with Gasteiger partial charge in [-0.2, -0.15) is 0 Å². The van der Waals surface area contributed by atoms with Gasteiger partial charge in [0.25, 0.3) is 0 Å². The second kappa shape index (κ2) is 3.55. The van der Waals surface area contributed by atoms with Crippen molar-refractivity contribution in [2.24, 2.45) is 5.92 Å². The minimum Gasteiger partial charge on any atom is -0.384 e. The molecule has 2 unspecified atom stereocenters. The highest BCUT2D eigenvalue weighted by atomic mass is 14.9. The molecule has 80 valence electrons. The summed E-state index contributed by atoms with van der Waals surface area (Å²) in [5.74, 6) is 1.74. The van der Waals surface area contributed by atoms with Gasteiger partial charge in [-0.3, -0.25) is 0 Å². The Bertz CT molecular complexity index is 370. The molecule has 1 nitrogen and oxygen atoms in total. The molecule has 2 atom stereocenters. The van der Waals surface area contributed by atoms with Crippen LogP contribution in [0.25, 0.3) is 0 Å². The van der Waals surface area contributed by atoms with Crippen LogP contribution in [0.2, 0.25) is 0 Å². The first-order chi connectivity index (χ1) is 7.36. The van der Waals surface area contributed by atoms with Crippen molar-refractivity contribution in [1.29, 1.82) is 0 Å². The number of nitrogens with one attached hydrogen (secondary N) is 1. The molecule has 0 saturated heterocycles. The summed E-state index contributed by atoms with van der Waals surface area (Å²) < 4.78 is 0. The van der Waals surface area contributed by atoms with E-state index in [1.54, 1.807) is 5.56 Å². The van der Waals surface area contributed by atoms with Crippen LogP contribution in [0, 0.1) is 12.8 Å². The average molecular weight is 201 g/mol. The molecular formula is C14H19N. The number of hydrogen-bond acceptors (Lipinski definition) is 1. The Hall–Kier alpha value is -0.980. The third-order valence-corrected chi connectivity index (χ3v) is 4.15. The molecular weight excluding hydrogens is 182 g/mol. The van der Waals surface area contributed by atoms with Crippen molar-refractivity contribution in [3.8, 4) is 0 Å². The molecule has 15 heavy (non-hydrogen) atoms. The van der Waals surface area contributed by atoms with Gasteiger partial charge < -0.3 is 5.32 Å². The first-order valence-electron chi connectivity index (χ1n) is 6.19. The zero-order chi connectivity index (χ0) is 10.3. The summed E-state index contributed by atoms with van der Waals surface area (Å²) in [7, 11) is 0. The van der Waals surface area contributed by atoms with Crippen LogP contribution in [0.4, 0.5) is 5.69 Å². The summed E-state index contributed by atoms with van der Waals surface area (Å²) in [6.45, 7) is 3.41. The van der Waals surface area contributed by atoms with Crippen LogP contribution in [0.3, 0.4) is 0 Å². The minimum absolute atomic E-state index is 0.842. The highest BCUT2D eigenvalue weighted by molar-refractivity contribution is 5.60. The van der Waals surface area contributed by atoms with Gasteiger partial charge >= 0.3 is 0 Å². The van der Waals surface area contributed by atoms with E-state index in [9.17, 15) is 0 Å². The van der Waals surface area contributed by atoms with Crippen molar-refractivity contribution in [2.45, 2.75) is 38.5 Å².